The van der Waals surface area contributed by atoms with Crippen LogP contribution in [0.15, 0.2) is 0 Å². The van der Waals surface area contributed by atoms with E-state index < -0.39 is 0 Å². The Labute approximate surface area is 97.8 Å². The molecule has 2 fully saturated rings. The highest BCUT2D eigenvalue weighted by atomic mass is 16.3. The van der Waals surface area contributed by atoms with Gasteiger partial charge in [0.05, 0.1) is 6.10 Å². The summed E-state index contributed by atoms with van der Waals surface area (Å²) in [6, 6.07) is 0.716. The summed E-state index contributed by atoms with van der Waals surface area (Å²) in [5, 5.41) is 9.97. The van der Waals surface area contributed by atoms with E-state index in [2.05, 4.69) is 4.90 Å². The van der Waals surface area contributed by atoms with Crippen molar-refractivity contribution < 1.29 is 9.90 Å². The third kappa shape index (κ3) is 2.64. The lowest BCUT2D eigenvalue weighted by molar-refractivity contribution is -0.119. The fraction of sp³-hybridized carbons (Fsp3) is 0.923. The van der Waals surface area contributed by atoms with Gasteiger partial charge in [-0.25, -0.2) is 0 Å². The number of ketones is 1. The second-order valence-electron chi connectivity index (χ2n) is 5.36. The first-order valence-electron chi connectivity index (χ1n) is 6.61. The lowest BCUT2D eigenvalue weighted by Crippen LogP contribution is -2.49. The molecule has 1 saturated carbocycles. The van der Waals surface area contributed by atoms with Gasteiger partial charge in [-0.15, -0.1) is 0 Å². The number of rotatable bonds is 3. The molecule has 1 aliphatic carbocycles. The van der Waals surface area contributed by atoms with Crippen LogP contribution in [0, 0.1) is 0 Å². The third-order valence-corrected chi connectivity index (χ3v) is 4.07. The number of likely N-dealkylation sites (tertiary alicyclic amines) is 1. The molecule has 0 aromatic carbocycles. The standard InChI is InChI=1S/C13H23NO2/c1-10(15)9-11-5-2-3-8-14(11)12-6-4-7-13(12)16/h11-13,16H,2-9H2,1H3. The zero-order valence-electron chi connectivity index (χ0n) is 10.2. The van der Waals surface area contributed by atoms with Crippen molar-refractivity contribution in [2.75, 3.05) is 6.54 Å². The number of carbonyl (C=O) groups is 1. The first-order chi connectivity index (χ1) is 7.68. The number of piperidine rings is 1. The van der Waals surface area contributed by atoms with Gasteiger partial charge in [-0.3, -0.25) is 9.69 Å². The van der Waals surface area contributed by atoms with Crippen LogP contribution in [-0.2, 0) is 4.79 Å². The number of hydrogen-bond acceptors (Lipinski definition) is 3. The first kappa shape index (κ1) is 12.1. The predicted octanol–water partition coefficient (Wildman–Crippen LogP) is 1.73. The Hall–Kier alpha value is -0.410. The molecule has 16 heavy (non-hydrogen) atoms. The van der Waals surface area contributed by atoms with E-state index in [0.717, 1.165) is 32.2 Å². The molecule has 2 aliphatic rings. The summed E-state index contributed by atoms with van der Waals surface area (Å²) >= 11 is 0. The van der Waals surface area contributed by atoms with Gasteiger partial charge in [-0.1, -0.05) is 6.42 Å². The van der Waals surface area contributed by atoms with Crippen LogP contribution in [0.1, 0.15) is 51.9 Å². The second-order valence-corrected chi connectivity index (χ2v) is 5.36. The maximum absolute atomic E-state index is 11.3. The molecule has 0 spiro atoms. The molecule has 2 rings (SSSR count). The van der Waals surface area contributed by atoms with E-state index >= 15 is 0 Å². The van der Waals surface area contributed by atoms with Gasteiger partial charge in [0, 0.05) is 18.5 Å². The Morgan fingerprint density at radius 2 is 2.06 bits per heavy atom. The molecule has 0 amide bonds. The molecule has 0 radical (unpaired) electrons. The monoisotopic (exact) mass is 225 g/mol. The second kappa shape index (κ2) is 5.28. The normalized spacial score (nSPS) is 36.5. The van der Waals surface area contributed by atoms with Crippen molar-refractivity contribution in [1.29, 1.82) is 0 Å². The molecular weight excluding hydrogens is 202 g/mol. The van der Waals surface area contributed by atoms with Crippen LogP contribution in [-0.4, -0.2) is 40.5 Å². The third-order valence-electron chi connectivity index (χ3n) is 4.07. The maximum atomic E-state index is 11.3. The van der Waals surface area contributed by atoms with Crippen molar-refractivity contribution in [2.45, 2.75) is 70.1 Å². The van der Waals surface area contributed by atoms with Crippen molar-refractivity contribution in [3.8, 4) is 0 Å². The van der Waals surface area contributed by atoms with Crippen LogP contribution < -0.4 is 0 Å². The Morgan fingerprint density at radius 3 is 2.69 bits per heavy atom. The largest absolute Gasteiger partial charge is 0.391 e. The van der Waals surface area contributed by atoms with E-state index in [9.17, 15) is 9.90 Å². The molecule has 0 bridgehead atoms. The van der Waals surface area contributed by atoms with Gasteiger partial charge in [0.1, 0.15) is 5.78 Å². The minimum Gasteiger partial charge on any atom is -0.391 e. The SMILES string of the molecule is CC(=O)CC1CCCCN1C1CCCC1O. The van der Waals surface area contributed by atoms with Crippen LogP contribution in [0.4, 0.5) is 0 Å². The number of aliphatic hydroxyl groups is 1. The maximum Gasteiger partial charge on any atom is 0.131 e. The summed E-state index contributed by atoms with van der Waals surface area (Å²) in [4.78, 5) is 13.7. The Kier molecular flexibility index (Phi) is 3.98. The van der Waals surface area contributed by atoms with Gasteiger partial charge in [-0.2, -0.15) is 0 Å². The van der Waals surface area contributed by atoms with E-state index in [-0.39, 0.29) is 11.9 Å². The molecule has 0 aromatic heterocycles. The van der Waals surface area contributed by atoms with Crippen molar-refractivity contribution in [1.82, 2.24) is 4.90 Å². The number of hydrogen-bond donors (Lipinski definition) is 1. The lowest BCUT2D eigenvalue weighted by atomic mass is 9.95. The van der Waals surface area contributed by atoms with Crippen LogP contribution in [0.5, 0.6) is 0 Å². The molecule has 3 nitrogen and oxygen atoms in total. The van der Waals surface area contributed by atoms with E-state index in [1.54, 1.807) is 6.92 Å². The smallest absolute Gasteiger partial charge is 0.131 e. The van der Waals surface area contributed by atoms with E-state index in [0.29, 0.717) is 18.5 Å². The Morgan fingerprint density at radius 1 is 1.25 bits per heavy atom. The predicted molar refractivity (Wildman–Crippen MR) is 63.3 cm³/mol. The first-order valence-corrected chi connectivity index (χ1v) is 6.61. The fourth-order valence-corrected chi connectivity index (χ4v) is 3.32. The molecule has 3 heteroatoms. The quantitative estimate of drug-likeness (QED) is 0.795. The highest BCUT2D eigenvalue weighted by Gasteiger charge is 2.35. The summed E-state index contributed by atoms with van der Waals surface area (Å²) in [7, 11) is 0. The topological polar surface area (TPSA) is 40.5 Å². The highest BCUT2D eigenvalue weighted by molar-refractivity contribution is 5.76. The van der Waals surface area contributed by atoms with Crippen LogP contribution in [0.25, 0.3) is 0 Å². The average Bonchev–Trinajstić information content (AvgIpc) is 2.64. The minimum absolute atomic E-state index is 0.160. The van der Waals surface area contributed by atoms with Gasteiger partial charge >= 0.3 is 0 Å². The highest BCUT2D eigenvalue weighted by Crippen LogP contribution is 2.30. The van der Waals surface area contributed by atoms with Crippen molar-refractivity contribution in [2.24, 2.45) is 0 Å². The summed E-state index contributed by atoms with van der Waals surface area (Å²) < 4.78 is 0. The molecule has 1 saturated heterocycles. The van der Waals surface area contributed by atoms with Gasteiger partial charge in [-0.05, 0) is 45.6 Å². The summed E-state index contributed by atoms with van der Waals surface area (Å²) in [5.74, 6) is 0.282. The summed E-state index contributed by atoms with van der Waals surface area (Å²) in [6.45, 7) is 2.75. The Bertz CT molecular complexity index is 254. The number of Topliss-reactive ketones (excluding diaryl/α,β-unsaturated/α-hetero) is 1. The van der Waals surface area contributed by atoms with Crippen LogP contribution in [0.2, 0.25) is 0 Å². The van der Waals surface area contributed by atoms with Gasteiger partial charge in [0.2, 0.25) is 0 Å². The van der Waals surface area contributed by atoms with E-state index in [4.69, 9.17) is 0 Å². The van der Waals surface area contributed by atoms with Crippen LogP contribution in [0.3, 0.4) is 0 Å². The average molecular weight is 225 g/mol. The van der Waals surface area contributed by atoms with E-state index in [1.165, 1.54) is 12.8 Å². The number of nitrogens with zero attached hydrogens (tertiary/aromatic N) is 1. The zero-order chi connectivity index (χ0) is 11.5. The summed E-state index contributed by atoms with van der Waals surface area (Å²) in [6.07, 6.45) is 7.27. The molecule has 3 unspecified atom stereocenters. The Balaban J connectivity index is 2.00. The van der Waals surface area contributed by atoms with Crippen molar-refractivity contribution >= 4 is 5.78 Å². The molecule has 1 aliphatic heterocycles. The summed E-state index contributed by atoms with van der Waals surface area (Å²) in [5.41, 5.74) is 0. The molecule has 1 heterocycles. The van der Waals surface area contributed by atoms with E-state index in [1.807, 2.05) is 0 Å². The van der Waals surface area contributed by atoms with Gasteiger partial charge in [0.15, 0.2) is 0 Å². The molecule has 3 atom stereocenters. The van der Waals surface area contributed by atoms with Crippen molar-refractivity contribution in [3.63, 3.8) is 0 Å². The van der Waals surface area contributed by atoms with Crippen LogP contribution >= 0.6 is 0 Å². The molecule has 92 valence electrons. The minimum atomic E-state index is -0.160. The molecular formula is C13H23NO2. The van der Waals surface area contributed by atoms with Gasteiger partial charge in [0.25, 0.3) is 0 Å². The molecule has 0 aromatic rings. The number of aliphatic hydroxyl groups excluding tert-OH is 1. The van der Waals surface area contributed by atoms with Crippen molar-refractivity contribution in [3.05, 3.63) is 0 Å². The fourth-order valence-electron chi connectivity index (χ4n) is 3.32. The zero-order valence-corrected chi connectivity index (χ0v) is 10.2. The lowest BCUT2D eigenvalue weighted by Gasteiger charge is -2.40. The molecule has 1 N–H and O–H groups in total. The van der Waals surface area contributed by atoms with Gasteiger partial charge < -0.3 is 5.11 Å². The number of carbonyl (C=O) groups excluding carboxylic acids is 1.